The molecular weight excluding hydrogens is 388 g/mol. The molecule has 1 aliphatic rings. The zero-order chi connectivity index (χ0) is 21.0. The van der Waals surface area contributed by atoms with Gasteiger partial charge in [0.2, 0.25) is 15.9 Å². The first-order valence-electron chi connectivity index (χ1n) is 10.2. The van der Waals surface area contributed by atoms with Crippen LogP contribution in [0.1, 0.15) is 42.6 Å². The maximum atomic E-state index is 13.1. The molecule has 0 spiro atoms. The minimum absolute atomic E-state index is 0.214. The van der Waals surface area contributed by atoms with E-state index in [1.165, 1.54) is 4.31 Å². The molecule has 2 heterocycles. The van der Waals surface area contributed by atoms with Crippen molar-refractivity contribution >= 4 is 15.9 Å². The SMILES string of the molecule is Cc1ccc(S(=O)(=O)N2CCCC[C@H]2C(=O)NCCCn2nc(C)cc2C)cc1. The molecule has 7 nitrogen and oxygen atoms in total. The lowest BCUT2D eigenvalue weighted by Gasteiger charge is -2.33. The third kappa shape index (κ3) is 5.05. The molecule has 0 radical (unpaired) electrons. The summed E-state index contributed by atoms with van der Waals surface area (Å²) in [6.07, 6.45) is 2.91. The maximum absolute atomic E-state index is 13.1. The molecular formula is C21H30N4O3S. The average Bonchev–Trinajstić information content (AvgIpc) is 3.02. The first kappa shape index (κ1) is 21.5. The predicted molar refractivity (Wildman–Crippen MR) is 112 cm³/mol. The highest BCUT2D eigenvalue weighted by Crippen LogP contribution is 2.25. The molecule has 1 N–H and O–H groups in total. The van der Waals surface area contributed by atoms with Crippen LogP contribution >= 0.6 is 0 Å². The van der Waals surface area contributed by atoms with Gasteiger partial charge in [-0.1, -0.05) is 24.1 Å². The van der Waals surface area contributed by atoms with Crippen molar-refractivity contribution in [1.29, 1.82) is 0 Å². The van der Waals surface area contributed by atoms with Crippen LogP contribution in [-0.2, 0) is 21.4 Å². The Bertz CT molecular complexity index is 951. The van der Waals surface area contributed by atoms with E-state index in [1.807, 2.05) is 31.5 Å². The summed E-state index contributed by atoms with van der Waals surface area (Å²) in [5, 5.41) is 7.34. The molecule has 0 bridgehead atoms. The predicted octanol–water partition coefficient (Wildman–Crippen LogP) is 2.56. The Hall–Kier alpha value is -2.19. The number of nitrogens with one attached hydrogen (secondary N) is 1. The van der Waals surface area contributed by atoms with E-state index in [2.05, 4.69) is 10.4 Å². The molecule has 0 saturated carbocycles. The van der Waals surface area contributed by atoms with E-state index >= 15 is 0 Å². The van der Waals surface area contributed by atoms with Crippen LogP contribution in [0.5, 0.6) is 0 Å². The molecule has 1 amide bonds. The van der Waals surface area contributed by atoms with Gasteiger partial charge in [0.1, 0.15) is 6.04 Å². The fraction of sp³-hybridized carbons (Fsp3) is 0.524. The number of nitrogens with zero attached hydrogens (tertiary/aromatic N) is 3. The lowest BCUT2D eigenvalue weighted by atomic mass is 10.0. The van der Waals surface area contributed by atoms with Gasteiger partial charge >= 0.3 is 0 Å². The quantitative estimate of drug-likeness (QED) is 0.701. The van der Waals surface area contributed by atoms with Crippen molar-refractivity contribution in [2.24, 2.45) is 0 Å². The first-order valence-corrected chi connectivity index (χ1v) is 11.6. The van der Waals surface area contributed by atoms with Gasteiger partial charge in [0.05, 0.1) is 10.6 Å². The van der Waals surface area contributed by atoms with Crippen molar-refractivity contribution in [3.63, 3.8) is 0 Å². The highest BCUT2D eigenvalue weighted by atomic mass is 32.2. The molecule has 1 aromatic heterocycles. The van der Waals surface area contributed by atoms with Crippen LogP contribution in [-0.4, -0.2) is 47.5 Å². The number of benzene rings is 1. The summed E-state index contributed by atoms with van der Waals surface area (Å²) in [5.41, 5.74) is 3.07. The number of hydrogen-bond acceptors (Lipinski definition) is 4. The molecule has 1 saturated heterocycles. The number of piperidine rings is 1. The Balaban J connectivity index is 1.61. The molecule has 1 fully saturated rings. The number of aromatic nitrogens is 2. The monoisotopic (exact) mass is 418 g/mol. The first-order chi connectivity index (χ1) is 13.8. The van der Waals surface area contributed by atoms with Gasteiger partial charge in [-0.3, -0.25) is 9.48 Å². The Morgan fingerprint density at radius 2 is 1.90 bits per heavy atom. The van der Waals surface area contributed by atoms with Gasteiger partial charge in [-0.05, 0) is 58.2 Å². The Kier molecular flexibility index (Phi) is 6.74. The van der Waals surface area contributed by atoms with Gasteiger partial charge < -0.3 is 5.32 Å². The van der Waals surface area contributed by atoms with Gasteiger partial charge in [-0.25, -0.2) is 8.42 Å². The molecule has 2 aromatic rings. The van der Waals surface area contributed by atoms with Gasteiger partial charge in [0.25, 0.3) is 0 Å². The Morgan fingerprint density at radius 3 is 2.55 bits per heavy atom. The fourth-order valence-electron chi connectivity index (χ4n) is 3.76. The van der Waals surface area contributed by atoms with Crippen molar-refractivity contribution in [1.82, 2.24) is 19.4 Å². The lowest BCUT2D eigenvalue weighted by Crippen LogP contribution is -2.51. The second kappa shape index (κ2) is 9.09. The van der Waals surface area contributed by atoms with E-state index in [-0.39, 0.29) is 10.8 Å². The lowest BCUT2D eigenvalue weighted by molar-refractivity contribution is -0.125. The maximum Gasteiger partial charge on any atom is 0.243 e. The number of rotatable bonds is 7. The molecule has 0 unspecified atom stereocenters. The van der Waals surface area contributed by atoms with Crippen LogP contribution in [0.4, 0.5) is 0 Å². The van der Waals surface area contributed by atoms with Crippen molar-refractivity contribution < 1.29 is 13.2 Å². The minimum atomic E-state index is -3.69. The minimum Gasteiger partial charge on any atom is -0.355 e. The number of amides is 1. The topological polar surface area (TPSA) is 84.3 Å². The van der Waals surface area contributed by atoms with Gasteiger partial charge in [-0.2, -0.15) is 9.40 Å². The molecule has 0 aliphatic carbocycles. The summed E-state index contributed by atoms with van der Waals surface area (Å²) < 4.78 is 29.5. The summed E-state index contributed by atoms with van der Waals surface area (Å²) in [4.78, 5) is 13.0. The van der Waals surface area contributed by atoms with Gasteiger partial charge in [-0.15, -0.1) is 0 Å². The second-order valence-corrected chi connectivity index (χ2v) is 9.63. The van der Waals surface area contributed by atoms with E-state index in [0.29, 0.717) is 19.5 Å². The smallest absolute Gasteiger partial charge is 0.243 e. The van der Waals surface area contributed by atoms with Crippen LogP contribution in [0.3, 0.4) is 0 Å². The molecule has 3 rings (SSSR count). The molecule has 158 valence electrons. The van der Waals surface area contributed by atoms with E-state index in [9.17, 15) is 13.2 Å². The third-order valence-electron chi connectivity index (χ3n) is 5.33. The number of carbonyl (C=O) groups is 1. The average molecular weight is 419 g/mol. The van der Waals surface area contributed by atoms with E-state index in [4.69, 9.17) is 0 Å². The summed E-state index contributed by atoms with van der Waals surface area (Å²) >= 11 is 0. The van der Waals surface area contributed by atoms with E-state index in [1.54, 1.807) is 24.3 Å². The largest absolute Gasteiger partial charge is 0.355 e. The highest BCUT2D eigenvalue weighted by molar-refractivity contribution is 7.89. The van der Waals surface area contributed by atoms with Crippen molar-refractivity contribution in [2.75, 3.05) is 13.1 Å². The zero-order valence-electron chi connectivity index (χ0n) is 17.4. The van der Waals surface area contributed by atoms with Crippen molar-refractivity contribution in [3.05, 3.63) is 47.3 Å². The summed E-state index contributed by atoms with van der Waals surface area (Å²) in [5.74, 6) is -0.214. The third-order valence-corrected chi connectivity index (χ3v) is 7.26. The second-order valence-electron chi connectivity index (χ2n) is 7.74. The number of carbonyl (C=O) groups excluding carboxylic acids is 1. The molecule has 1 atom stereocenters. The van der Waals surface area contributed by atoms with Gasteiger partial charge in [0, 0.05) is 25.3 Å². The summed E-state index contributed by atoms with van der Waals surface area (Å²) in [7, 11) is -3.69. The van der Waals surface area contributed by atoms with Crippen molar-refractivity contribution in [2.45, 2.75) is 63.9 Å². The van der Waals surface area contributed by atoms with Crippen LogP contribution in [0, 0.1) is 20.8 Å². The molecule has 8 heteroatoms. The van der Waals surface area contributed by atoms with Crippen molar-refractivity contribution in [3.8, 4) is 0 Å². The fourth-order valence-corrected chi connectivity index (χ4v) is 5.42. The molecule has 29 heavy (non-hydrogen) atoms. The van der Waals surface area contributed by atoms with Crippen LogP contribution in [0.15, 0.2) is 35.2 Å². The summed E-state index contributed by atoms with van der Waals surface area (Å²) in [6.45, 7) is 7.47. The van der Waals surface area contributed by atoms with Crippen LogP contribution in [0.25, 0.3) is 0 Å². The Labute approximate surface area is 173 Å². The van der Waals surface area contributed by atoms with E-state index < -0.39 is 16.1 Å². The molecule has 1 aromatic carbocycles. The number of sulfonamides is 1. The number of hydrogen-bond donors (Lipinski definition) is 1. The van der Waals surface area contributed by atoms with Gasteiger partial charge in [0.15, 0.2) is 0 Å². The number of aryl methyl sites for hydroxylation is 4. The van der Waals surface area contributed by atoms with Crippen LogP contribution in [0.2, 0.25) is 0 Å². The Morgan fingerprint density at radius 1 is 1.17 bits per heavy atom. The highest BCUT2D eigenvalue weighted by Gasteiger charge is 2.37. The normalized spacial score (nSPS) is 18.0. The summed E-state index contributed by atoms with van der Waals surface area (Å²) in [6, 6.07) is 8.17. The van der Waals surface area contributed by atoms with E-state index in [0.717, 1.165) is 42.8 Å². The standard InChI is InChI=1S/C21H30N4O3S/c1-16-8-10-19(11-9-16)29(27,28)25-14-5-4-7-20(25)21(26)22-12-6-13-24-18(3)15-17(2)23-24/h8-11,15,20H,4-7,12-14H2,1-3H3,(H,22,26)/t20-/m0/s1. The zero-order valence-corrected chi connectivity index (χ0v) is 18.2. The molecule has 1 aliphatic heterocycles. The van der Waals surface area contributed by atoms with Crippen LogP contribution < -0.4 is 5.32 Å².